The van der Waals surface area contributed by atoms with Gasteiger partial charge in [-0.25, -0.2) is 8.78 Å². The van der Waals surface area contributed by atoms with E-state index in [4.69, 9.17) is 11.6 Å². The molecule has 1 N–H and O–H groups in total. The molecule has 0 aliphatic carbocycles. The number of hydrogen-bond acceptors (Lipinski definition) is 1. The molecule has 22 heavy (non-hydrogen) atoms. The number of rotatable bonds is 3. The van der Waals surface area contributed by atoms with Crippen molar-refractivity contribution >= 4 is 34.2 Å². The van der Waals surface area contributed by atoms with Crippen LogP contribution in [0.2, 0.25) is 5.02 Å². The molecule has 0 aliphatic rings. The predicted octanol–water partition coefficient (Wildman–Crippen LogP) is 5.45. The topological polar surface area (TPSA) is 28.7 Å². The number of benzene rings is 2. The molecule has 0 aliphatic heterocycles. The number of H-pyrrole nitrogens is 1. The van der Waals surface area contributed by atoms with Crippen LogP contribution in [0.25, 0.3) is 22.6 Å². The maximum Gasteiger partial charge on any atom is 0.141 e. The van der Waals surface area contributed by atoms with Crippen LogP contribution in [-0.2, 0) is 0 Å². The maximum absolute atomic E-state index is 14.5. The Morgan fingerprint density at radius 1 is 1.27 bits per heavy atom. The Balaban J connectivity index is 2.12. The zero-order chi connectivity index (χ0) is 15.7. The molecular formula is C17H13ClF2N2. The fourth-order valence-electron chi connectivity index (χ4n) is 2.42. The number of aromatic amines is 1. The van der Waals surface area contributed by atoms with E-state index in [1.165, 1.54) is 18.3 Å². The van der Waals surface area contributed by atoms with Crippen molar-refractivity contribution in [3.63, 3.8) is 0 Å². The average Bonchev–Trinajstić information content (AvgIpc) is 2.97. The summed E-state index contributed by atoms with van der Waals surface area (Å²) < 4.78 is 27.7. The molecule has 0 unspecified atom stereocenters. The molecule has 3 aromatic rings. The van der Waals surface area contributed by atoms with Crippen LogP contribution in [0.4, 0.5) is 8.78 Å². The summed E-state index contributed by atoms with van der Waals surface area (Å²) in [4.78, 5) is 0. The van der Waals surface area contributed by atoms with Crippen molar-refractivity contribution in [1.29, 1.82) is 0 Å². The van der Waals surface area contributed by atoms with Gasteiger partial charge in [0.05, 0.1) is 22.1 Å². The van der Waals surface area contributed by atoms with Crippen LogP contribution in [0.1, 0.15) is 24.5 Å². The Labute approximate surface area is 131 Å². The fourth-order valence-corrected chi connectivity index (χ4v) is 2.71. The third-order valence-corrected chi connectivity index (χ3v) is 3.89. The minimum Gasteiger partial charge on any atom is -0.278 e. The van der Waals surface area contributed by atoms with Gasteiger partial charge in [-0.1, -0.05) is 24.6 Å². The summed E-state index contributed by atoms with van der Waals surface area (Å²) >= 11 is 6.10. The van der Waals surface area contributed by atoms with E-state index in [1.54, 1.807) is 24.3 Å². The largest absolute Gasteiger partial charge is 0.278 e. The van der Waals surface area contributed by atoms with Crippen LogP contribution in [-0.4, -0.2) is 10.2 Å². The Bertz CT molecular complexity index is 868. The van der Waals surface area contributed by atoms with Gasteiger partial charge >= 0.3 is 0 Å². The van der Waals surface area contributed by atoms with Crippen molar-refractivity contribution in [2.24, 2.45) is 0 Å². The number of halogens is 3. The first-order chi connectivity index (χ1) is 10.6. The second kappa shape index (κ2) is 5.89. The molecule has 0 bridgehead atoms. The summed E-state index contributed by atoms with van der Waals surface area (Å²) in [5, 5.41) is 7.32. The van der Waals surface area contributed by atoms with E-state index in [-0.39, 0.29) is 5.82 Å². The second-order valence-corrected chi connectivity index (χ2v) is 5.35. The number of hydrogen-bond donors (Lipinski definition) is 1. The van der Waals surface area contributed by atoms with E-state index in [1.807, 2.05) is 6.92 Å². The molecule has 0 radical (unpaired) electrons. The molecule has 0 atom stereocenters. The molecule has 3 rings (SSSR count). The standard InChI is InChI=1S/C17H13ClF2N2/c1-2-10(13-5-4-12(19)8-15(13)18)7-11-3-6-16-14(17(11)20)9-21-22-16/h3-9H,2H2,1H3,(H,21,22)/b10-7+. The van der Waals surface area contributed by atoms with Crippen LogP contribution in [0.15, 0.2) is 36.5 Å². The molecule has 0 amide bonds. The zero-order valence-electron chi connectivity index (χ0n) is 11.8. The van der Waals surface area contributed by atoms with Gasteiger partial charge in [-0.3, -0.25) is 5.10 Å². The highest BCUT2D eigenvalue weighted by atomic mass is 35.5. The zero-order valence-corrected chi connectivity index (χ0v) is 12.6. The Morgan fingerprint density at radius 2 is 2.09 bits per heavy atom. The Kier molecular flexibility index (Phi) is 3.94. The molecule has 2 aromatic carbocycles. The van der Waals surface area contributed by atoms with E-state index in [0.717, 1.165) is 5.57 Å². The van der Waals surface area contributed by atoms with E-state index >= 15 is 0 Å². The highest BCUT2D eigenvalue weighted by molar-refractivity contribution is 6.32. The highest BCUT2D eigenvalue weighted by Gasteiger charge is 2.10. The summed E-state index contributed by atoms with van der Waals surface area (Å²) in [6, 6.07) is 7.68. The van der Waals surface area contributed by atoms with E-state index in [2.05, 4.69) is 10.2 Å². The minimum atomic E-state index is -0.393. The van der Waals surface area contributed by atoms with Crippen molar-refractivity contribution in [3.8, 4) is 0 Å². The quantitative estimate of drug-likeness (QED) is 0.639. The van der Waals surface area contributed by atoms with E-state index in [0.29, 0.717) is 33.5 Å². The van der Waals surface area contributed by atoms with Gasteiger partial charge in [-0.05, 0) is 47.9 Å². The summed E-state index contributed by atoms with van der Waals surface area (Å²) in [5.74, 6) is -0.731. The lowest BCUT2D eigenvalue weighted by atomic mass is 9.99. The van der Waals surface area contributed by atoms with Gasteiger partial charge in [0.2, 0.25) is 0 Å². The van der Waals surface area contributed by atoms with Crippen LogP contribution in [0.5, 0.6) is 0 Å². The molecular weight excluding hydrogens is 306 g/mol. The summed E-state index contributed by atoms with van der Waals surface area (Å²) in [5.41, 5.74) is 2.64. The highest BCUT2D eigenvalue weighted by Crippen LogP contribution is 2.30. The van der Waals surface area contributed by atoms with E-state index in [9.17, 15) is 8.78 Å². The molecule has 0 saturated carbocycles. The number of nitrogens with one attached hydrogen (secondary N) is 1. The average molecular weight is 319 g/mol. The lowest BCUT2D eigenvalue weighted by molar-refractivity contribution is 0.627. The molecule has 112 valence electrons. The number of nitrogens with zero attached hydrogens (tertiary/aromatic N) is 1. The number of aromatic nitrogens is 2. The third kappa shape index (κ3) is 2.62. The summed E-state index contributed by atoms with van der Waals surface area (Å²) in [6.45, 7) is 1.94. The monoisotopic (exact) mass is 318 g/mol. The van der Waals surface area contributed by atoms with E-state index < -0.39 is 5.82 Å². The van der Waals surface area contributed by atoms with Crippen molar-refractivity contribution in [2.45, 2.75) is 13.3 Å². The first kappa shape index (κ1) is 14.7. The van der Waals surface area contributed by atoms with Gasteiger partial charge in [-0.2, -0.15) is 5.10 Å². The Morgan fingerprint density at radius 3 is 2.82 bits per heavy atom. The number of allylic oxidation sites excluding steroid dienone is 1. The summed E-state index contributed by atoms with van der Waals surface area (Å²) in [6.07, 6.45) is 3.84. The van der Waals surface area contributed by atoms with Crippen LogP contribution in [0, 0.1) is 11.6 Å². The molecule has 0 saturated heterocycles. The molecule has 5 heteroatoms. The molecule has 1 heterocycles. The smallest absolute Gasteiger partial charge is 0.141 e. The first-order valence-electron chi connectivity index (χ1n) is 6.87. The predicted molar refractivity (Wildman–Crippen MR) is 85.6 cm³/mol. The van der Waals surface area contributed by atoms with Gasteiger partial charge < -0.3 is 0 Å². The van der Waals surface area contributed by atoms with Crippen molar-refractivity contribution < 1.29 is 8.78 Å². The van der Waals surface area contributed by atoms with Gasteiger partial charge in [-0.15, -0.1) is 0 Å². The normalized spacial score (nSPS) is 12.1. The fraction of sp³-hybridized carbons (Fsp3) is 0.118. The lowest BCUT2D eigenvalue weighted by Crippen LogP contribution is -1.89. The molecule has 1 aromatic heterocycles. The lowest BCUT2D eigenvalue weighted by Gasteiger charge is -2.09. The molecule has 2 nitrogen and oxygen atoms in total. The molecule has 0 fully saturated rings. The maximum atomic E-state index is 14.5. The minimum absolute atomic E-state index is 0.317. The van der Waals surface area contributed by atoms with Gasteiger partial charge in [0, 0.05) is 5.56 Å². The van der Waals surface area contributed by atoms with Crippen molar-refractivity contribution in [1.82, 2.24) is 10.2 Å². The van der Waals surface area contributed by atoms with Gasteiger partial charge in [0.25, 0.3) is 0 Å². The number of fused-ring (bicyclic) bond motifs is 1. The third-order valence-electron chi connectivity index (χ3n) is 3.58. The van der Waals surface area contributed by atoms with Crippen molar-refractivity contribution in [2.75, 3.05) is 0 Å². The van der Waals surface area contributed by atoms with Crippen LogP contribution >= 0.6 is 11.6 Å². The van der Waals surface area contributed by atoms with Gasteiger partial charge in [0.1, 0.15) is 11.6 Å². The van der Waals surface area contributed by atoms with Gasteiger partial charge in [0.15, 0.2) is 0 Å². The Hall–Kier alpha value is -2.20. The second-order valence-electron chi connectivity index (χ2n) is 4.95. The van der Waals surface area contributed by atoms with Crippen molar-refractivity contribution in [3.05, 3.63) is 64.3 Å². The summed E-state index contributed by atoms with van der Waals surface area (Å²) in [7, 11) is 0. The SMILES string of the molecule is CC/C(=C\c1ccc2[nH]ncc2c1F)c1ccc(F)cc1Cl. The first-order valence-corrected chi connectivity index (χ1v) is 7.25. The molecule has 0 spiro atoms. The van der Waals surface area contributed by atoms with Crippen LogP contribution < -0.4 is 0 Å². The van der Waals surface area contributed by atoms with Crippen LogP contribution in [0.3, 0.4) is 0 Å².